The van der Waals surface area contributed by atoms with Crippen LogP contribution in [0, 0.1) is 26.7 Å². The molecule has 0 unspecified atom stereocenters. The Hall–Kier alpha value is -2.70. The van der Waals surface area contributed by atoms with Gasteiger partial charge in [-0.3, -0.25) is 19.3 Å². The molecule has 1 aliphatic heterocycles. The molecule has 138 valence electrons. The summed E-state index contributed by atoms with van der Waals surface area (Å²) >= 11 is 0. The topological polar surface area (TPSA) is 88.3 Å². The van der Waals surface area contributed by atoms with Crippen molar-refractivity contribution in [2.45, 2.75) is 39.7 Å². The van der Waals surface area contributed by atoms with Crippen molar-refractivity contribution in [3.8, 4) is 0 Å². The number of hydrogen-bond donors (Lipinski definition) is 1. The zero-order valence-corrected chi connectivity index (χ0v) is 15.3. The van der Waals surface area contributed by atoms with E-state index in [0.29, 0.717) is 19.5 Å². The molecule has 26 heavy (non-hydrogen) atoms. The molecule has 0 aliphatic carbocycles. The zero-order chi connectivity index (χ0) is 18.8. The van der Waals surface area contributed by atoms with E-state index < -0.39 is 11.9 Å². The second kappa shape index (κ2) is 7.27. The number of hydrogen-bond acceptors (Lipinski definition) is 4. The fraction of sp³-hybridized carbons (Fsp3) is 0.474. The molecule has 2 aromatic rings. The van der Waals surface area contributed by atoms with Crippen molar-refractivity contribution in [1.29, 1.82) is 0 Å². The highest BCUT2D eigenvalue weighted by atomic mass is 16.4. The fourth-order valence-electron chi connectivity index (χ4n) is 3.52. The Kier molecular flexibility index (Phi) is 5.06. The molecule has 1 saturated heterocycles. The number of likely N-dealkylation sites (tertiary alicyclic amines) is 1. The van der Waals surface area contributed by atoms with Crippen LogP contribution in [-0.2, 0) is 16.1 Å². The van der Waals surface area contributed by atoms with Crippen molar-refractivity contribution >= 4 is 11.9 Å². The number of carboxylic acid groups (broad SMARTS) is 1. The molecule has 3 heterocycles. The Balaban J connectivity index is 1.68. The van der Waals surface area contributed by atoms with Crippen molar-refractivity contribution in [2.75, 3.05) is 13.1 Å². The summed E-state index contributed by atoms with van der Waals surface area (Å²) < 4.78 is 1.85. The first-order chi connectivity index (χ1) is 12.4. The third-order valence-electron chi connectivity index (χ3n) is 5.34. The molecule has 0 bridgehead atoms. The van der Waals surface area contributed by atoms with Crippen LogP contribution in [0.3, 0.4) is 0 Å². The van der Waals surface area contributed by atoms with Gasteiger partial charge in [-0.15, -0.1) is 0 Å². The van der Waals surface area contributed by atoms with Crippen LogP contribution in [0.15, 0.2) is 24.4 Å². The van der Waals surface area contributed by atoms with Crippen molar-refractivity contribution in [3.63, 3.8) is 0 Å². The van der Waals surface area contributed by atoms with E-state index in [4.69, 9.17) is 0 Å². The van der Waals surface area contributed by atoms with Gasteiger partial charge in [-0.1, -0.05) is 6.07 Å². The predicted octanol–water partition coefficient (Wildman–Crippen LogP) is 1.92. The van der Waals surface area contributed by atoms with Gasteiger partial charge >= 0.3 is 5.97 Å². The van der Waals surface area contributed by atoms with Gasteiger partial charge in [-0.25, -0.2) is 0 Å². The van der Waals surface area contributed by atoms with Crippen molar-refractivity contribution < 1.29 is 14.7 Å². The number of pyridine rings is 1. The molecule has 2 aromatic heterocycles. The van der Waals surface area contributed by atoms with Crippen LogP contribution in [0.5, 0.6) is 0 Å². The Bertz CT molecular complexity index is 816. The minimum Gasteiger partial charge on any atom is -0.481 e. The first-order valence-corrected chi connectivity index (χ1v) is 8.80. The normalized spacial score (nSPS) is 19.7. The molecular formula is C19H24N4O3. The number of carbonyl (C=O) groups is 2. The van der Waals surface area contributed by atoms with E-state index in [9.17, 15) is 14.7 Å². The van der Waals surface area contributed by atoms with Gasteiger partial charge in [0.2, 0.25) is 5.91 Å². The van der Waals surface area contributed by atoms with E-state index in [2.05, 4.69) is 10.1 Å². The third kappa shape index (κ3) is 3.47. The summed E-state index contributed by atoms with van der Waals surface area (Å²) in [5.41, 5.74) is 3.90. The Morgan fingerprint density at radius 2 is 2.00 bits per heavy atom. The number of carboxylic acids is 1. The molecule has 0 aromatic carbocycles. The summed E-state index contributed by atoms with van der Waals surface area (Å²) in [7, 11) is 0. The smallest absolute Gasteiger partial charge is 0.309 e. The monoisotopic (exact) mass is 356 g/mol. The maximum Gasteiger partial charge on any atom is 0.309 e. The zero-order valence-electron chi connectivity index (χ0n) is 15.3. The van der Waals surface area contributed by atoms with Gasteiger partial charge in [0, 0.05) is 49.6 Å². The van der Waals surface area contributed by atoms with Crippen molar-refractivity contribution in [2.24, 2.45) is 5.92 Å². The summed E-state index contributed by atoms with van der Waals surface area (Å²) in [5, 5.41) is 14.0. The van der Waals surface area contributed by atoms with Gasteiger partial charge in [0.05, 0.1) is 11.6 Å². The molecule has 0 saturated carbocycles. The summed E-state index contributed by atoms with van der Waals surface area (Å²) in [6.45, 7) is 7.09. The molecule has 3 rings (SSSR count). The van der Waals surface area contributed by atoms with E-state index in [1.54, 1.807) is 17.2 Å². The average Bonchev–Trinajstić information content (AvgIpc) is 3.18. The van der Waals surface area contributed by atoms with Gasteiger partial charge in [0.25, 0.3) is 0 Å². The first-order valence-electron chi connectivity index (χ1n) is 8.80. The number of carbonyl (C=O) groups excluding carboxylic acids is 1. The maximum absolute atomic E-state index is 12.6. The van der Waals surface area contributed by atoms with Gasteiger partial charge in [0.15, 0.2) is 0 Å². The molecule has 0 spiro atoms. The molecular weight excluding hydrogens is 332 g/mol. The second-order valence-corrected chi connectivity index (χ2v) is 6.87. The van der Waals surface area contributed by atoms with Crippen LogP contribution in [0.1, 0.15) is 35.0 Å². The van der Waals surface area contributed by atoms with Crippen LogP contribution < -0.4 is 0 Å². The van der Waals surface area contributed by atoms with Gasteiger partial charge in [0.1, 0.15) is 0 Å². The van der Waals surface area contributed by atoms with Crippen molar-refractivity contribution in [3.05, 3.63) is 47.0 Å². The summed E-state index contributed by atoms with van der Waals surface area (Å²) in [5.74, 6) is -1.82. The Morgan fingerprint density at radius 3 is 2.58 bits per heavy atom. The highest BCUT2D eigenvalue weighted by Gasteiger charge is 2.40. The Morgan fingerprint density at radius 1 is 1.23 bits per heavy atom. The van der Waals surface area contributed by atoms with E-state index in [1.165, 1.54) is 0 Å². The van der Waals surface area contributed by atoms with Gasteiger partial charge in [-0.2, -0.15) is 5.10 Å². The highest BCUT2D eigenvalue weighted by molar-refractivity contribution is 5.79. The van der Waals surface area contributed by atoms with Gasteiger partial charge in [-0.05, 0) is 38.5 Å². The minimum atomic E-state index is -0.884. The van der Waals surface area contributed by atoms with Crippen molar-refractivity contribution in [1.82, 2.24) is 19.7 Å². The Labute approximate surface area is 152 Å². The van der Waals surface area contributed by atoms with Crippen LogP contribution >= 0.6 is 0 Å². The maximum atomic E-state index is 12.6. The standard InChI is InChI=1S/C19H24N4O3/c1-12-13(2)21-23(14(12)3)9-7-18(24)22-10-15(16(11-22)19(25)26)17-6-4-5-8-20-17/h4-6,8,15-16H,7,9-11H2,1-3H3,(H,25,26)/t15-,16-/m0/s1. The van der Waals surface area contributed by atoms with E-state index in [1.807, 2.05) is 37.6 Å². The molecule has 1 amide bonds. The predicted molar refractivity (Wildman–Crippen MR) is 95.7 cm³/mol. The number of aromatic nitrogens is 3. The number of nitrogens with zero attached hydrogens (tertiary/aromatic N) is 4. The molecule has 1 N–H and O–H groups in total. The second-order valence-electron chi connectivity index (χ2n) is 6.87. The molecule has 2 atom stereocenters. The minimum absolute atomic E-state index is 0.0418. The van der Waals surface area contributed by atoms with E-state index in [0.717, 1.165) is 22.6 Å². The lowest BCUT2D eigenvalue weighted by atomic mass is 9.93. The van der Waals surface area contributed by atoms with Crippen LogP contribution in [-0.4, -0.2) is 49.7 Å². The molecule has 7 nitrogen and oxygen atoms in total. The summed E-state index contributed by atoms with van der Waals surface area (Å²) in [6.07, 6.45) is 1.96. The van der Waals surface area contributed by atoms with Gasteiger partial charge < -0.3 is 10.0 Å². The SMILES string of the molecule is Cc1nn(CCC(=O)N2C[C@H](C(=O)O)[C@@H](c3ccccn3)C2)c(C)c1C. The van der Waals surface area contributed by atoms with Crippen LogP contribution in [0.4, 0.5) is 0 Å². The average molecular weight is 356 g/mol. The number of rotatable bonds is 5. The summed E-state index contributed by atoms with van der Waals surface area (Å²) in [4.78, 5) is 30.2. The third-order valence-corrected chi connectivity index (χ3v) is 5.34. The quantitative estimate of drug-likeness (QED) is 0.884. The first kappa shape index (κ1) is 18.1. The van der Waals surface area contributed by atoms with Crippen LogP contribution in [0.2, 0.25) is 0 Å². The summed E-state index contributed by atoms with van der Waals surface area (Å²) in [6, 6.07) is 5.47. The van der Waals surface area contributed by atoms with E-state index >= 15 is 0 Å². The van der Waals surface area contributed by atoms with Crippen LogP contribution in [0.25, 0.3) is 0 Å². The molecule has 7 heteroatoms. The molecule has 1 fully saturated rings. The lowest BCUT2D eigenvalue weighted by Crippen LogP contribution is -2.30. The fourth-order valence-corrected chi connectivity index (χ4v) is 3.52. The number of aliphatic carboxylic acids is 1. The van der Waals surface area contributed by atoms with E-state index in [-0.39, 0.29) is 18.4 Å². The highest BCUT2D eigenvalue weighted by Crippen LogP contribution is 2.32. The lowest BCUT2D eigenvalue weighted by Gasteiger charge is -2.16. The molecule has 1 aliphatic rings. The number of amides is 1. The lowest BCUT2D eigenvalue weighted by molar-refractivity contribution is -0.141. The molecule has 0 radical (unpaired) electrons. The number of aryl methyl sites for hydroxylation is 2. The largest absolute Gasteiger partial charge is 0.481 e.